The molecule has 134 valence electrons. The van der Waals surface area contributed by atoms with Crippen molar-refractivity contribution in [3.63, 3.8) is 0 Å². The predicted octanol–water partition coefficient (Wildman–Crippen LogP) is 2.87. The summed E-state index contributed by atoms with van der Waals surface area (Å²) in [6, 6.07) is 8.41. The van der Waals surface area contributed by atoms with Crippen molar-refractivity contribution in [2.24, 2.45) is 0 Å². The van der Waals surface area contributed by atoms with Gasteiger partial charge in [-0.2, -0.15) is 0 Å². The number of carbonyl (C=O) groups is 2. The second-order valence-corrected chi connectivity index (χ2v) is 5.79. The molecule has 1 aromatic heterocycles. The van der Waals surface area contributed by atoms with Crippen molar-refractivity contribution in [2.75, 3.05) is 19.0 Å². The van der Waals surface area contributed by atoms with Gasteiger partial charge in [-0.15, -0.1) is 0 Å². The number of amides is 2. The van der Waals surface area contributed by atoms with E-state index in [4.69, 9.17) is 9.26 Å². The summed E-state index contributed by atoms with van der Waals surface area (Å²) in [5.41, 5.74) is 0.477. The van der Waals surface area contributed by atoms with E-state index in [1.165, 1.54) is 4.90 Å². The number of benzene rings is 1. The van der Waals surface area contributed by atoms with E-state index in [1.807, 2.05) is 13.8 Å². The van der Waals surface area contributed by atoms with Crippen molar-refractivity contribution < 1.29 is 18.8 Å². The number of methoxy groups -OCH3 is 1. The molecule has 0 aliphatic carbocycles. The van der Waals surface area contributed by atoms with Crippen LogP contribution in [0.15, 0.2) is 34.9 Å². The summed E-state index contributed by atoms with van der Waals surface area (Å²) < 4.78 is 10.1. The van der Waals surface area contributed by atoms with Crippen LogP contribution in [-0.2, 0) is 4.79 Å². The van der Waals surface area contributed by atoms with Crippen molar-refractivity contribution in [1.29, 1.82) is 0 Å². The van der Waals surface area contributed by atoms with Crippen LogP contribution in [0.5, 0.6) is 5.75 Å². The van der Waals surface area contributed by atoms with Crippen LogP contribution in [-0.4, -0.2) is 41.6 Å². The van der Waals surface area contributed by atoms with E-state index in [9.17, 15) is 9.59 Å². The monoisotopic (exact) mass is 345 g/mol. The van der Waals surface area contributed by atoms with E-state index < -0.39 is 0 Å². The third-order valence-electron chi connectivity index (χ3n) is 3.91. The van der Waals surface area contributed by atoms with E-state index in [2.05, 4.69) is 10.5 Å². The summed E-state index contributed by atoms with van der Waals surface area (Å²) in [7, 11) is 1.55. The Kier molecular flexibility index (Phi) is 6.16. The number of anilines is 1. The third kappa shape index (κ3) is 4.82. The molecule has 0 fully saturated rings. The number of ether oxygens (including phenoxy) is 1. The molecule has 1 atom stereocenters. The summed E-state index contributed by atoms with van der Waals surface area (Å²) >= 11 is 0. The lowest BCUT2D eigenvalue weighted by molar-refractivity contribution is -0.117. The normalized spacial score (nSPS) is 11.7. The van der Waals surface area contributed by atoms with Gasteiger partial charge in [-0.1, -0.05) is 18.1 Å². The first-order chi connectivity index (χ1) is 11.9. The third-order valence-corrected chi connectivity index (χ3v) is 3.91. The molecule has 7 nitrogen and oxygen atoms in total. The molecule has 7 heteroatoms. The largest absolute Gasteiger partial charge is 0.497 e. The van der Waals surface area contributed by atoms with Crippen molar-refractivity contribution in [2.45, 2.75) is 33.2 Å². The summed E-state index contributed by atoms with van der Waals surface area (Å²) in [6.07, 6.45) is 0.728. The number of rotatable bonds is 7. The summed E-state index contributed by atoms with van der Waals surface area (Å²) in [5, 5.41) is 6.37. The number of nitrogens with one attached hydrogen (secondary N) is 1. The standard InChI is InChI=1S/C18H23N3O4/c1-5-12(2)21(11-17(22)19-16-9-13(3)25-20-16)18(23)14-7-6-8-15(10-14)24-4/h6-10,12H,5,11H2,1-4H3,(H,19,20,22). The number of hydrogen-bond donors (Lipinski definition) is 1. The number of aromatic nitrogens is 1. The van der Waals surface area contributed by atoms with Crippen LogP contribution in [0.3, 0.4) is 0 Å². The molecule has 1 aromatic carbocycles. The van der Waals surface area contributed by atoms with Crippen molar-refractivity contribution in [1.82, 2.24) is 10.1 Å². The van der Waals surface area contributed by atoms with Gasteiger partial charge < -0.3 is 19.5 Å². The van der Waals surface area contributed by atoms with Gasteiger partial charge >= 0.3 is 0 Å². The van der Waals surface area contributed by atoms with Gasteiger partial charge in [-0.05, 0) is 38.5 Å². The molecule has 0 saturated heterocycles. The number of carbonyl (C=O) groups excluding carboxylic acids is 2. The summed E-state index contributed by atoms with van der Waals surface area (Å²) in [4.78, 5) is 26.7. The Hall–Kier alpha value is -2.83. The first-order valence-electron chi connectivity index (χ1n) is 8.12. The van der Waals surface area contributed by atoms with E-state index in [1.54, 1.807) is 44.4 Å². The molecule has 0 aliphatic rings. The van der Waals surface area contributed by atoms with Gasteiger partial charge in [0.25, 0.3) is 5.91 Å². The first-order valence-corrected chi connectivity index (χ1v) is 8.12. The Morgan fingerprint density at radius 1 is 1.36 bits per heavy atom. The average Bonchev–Trinajstić information content (AvgIpc) is 3.03. The molecule has 25 heavy (non-hydrogen) atoms. The van der Waals surface area contributed by atoms with E-state index >= 15 is 0 Å². The minimum atomic E-state index is -0.329. The SMILES string of the molecule is CCC(C)N(CC(=O)Nc1cc(C)on1)C(=O)c1cccc(OC)c1. The van der Waals surface area contributed by atoms with E-state index in [0.29, 0.717) is 22.9 Å². The molecule has 0 bridgehead atoms. The predicted molar refractivity (Wildman–Crippen MR) is 93.7 cm³/mol. The Morgan fingerprint density at radius 2 is 2.12 bits per heavy atom. The Bertz CT molecular complexity index is 741. The van der Waals surface area contributed by atoms with Gasteiger partial charge in [0.15, 0.2) is 5.82 Å². The van der Waals surface area contributed by atoms with Gasteiger partial charge in [-0.25, -0.2) is 0 Å². The molecule has 2 rings (SSSR count). The van der Waals surface area contributed by atoms with Crippen molar-refractivity contribution in [3.05, 3.63) is 41.7 Å². The minimum absolute atomic E-state index is 0.0725. The Morgan fingerprint density at radius 3 is 2.72 bits per heavy atom. The van der Waals surface area contributed by atoms with Crippen LogP contribution in [0.4, 0.5) is 5.82 Å². The second kappa shape index (κ2) is 8.32. The van der Waals surface area contributed by atoms with Crippen LogP contribution < -0.4 is 10.1 Å². The molecule has 1 unspecified atom stereocenters. The number of nitrogens with zero attached hydrogens (tertiary/aromatic N) is 2. The molecule has 0 spiro atoms. The van der Waals surface area contributed by atoms with Crippen LogP contribution in [0.25, 0.3) is 0 Å². The highest BCUT2D eigenvalue weighted by Gasteiger charge is 2.23. The zero-order valence-electron chi connectivity index (χ0n) is 14.9. The average molecular weight is 345 g/mol. The Balaban J connectivity index is 2.14. The van der Waals surface area contributed by atoms with Crippen LogP contribution in [0.2, 0.25) is 0 Å². The molecule has 0 radical (unpaired) electrons. The smallest absolute Gasteiger partial charge is 0.254 e. The van der Waals surface area contributed by atoms with Crippen LogP contribution in [0, 0.1) is 6.92 Å². The molecule has 1 N–H and O–H groups in total. The molecule has 0 saturated carbocycles. The molecule has 0 aliphatic heterocycles. The lowest BCUT2D eigenvalue weighted by Crippen LogP contribution is -2.43. The zero-order valence-corrected chi connectivity index (χ0v) is 14.9. The van der Waals surface area contributed by atoms with Gasteiger partial charge in [0, 0.05) is 17.7 Å². The van der Waals surface area contributed by atoms with Crippen LogP contribution in [0.1, 0.15) is 36.4 Å². The fourth-order valence-electron chi connectivity index (χ4n) is 2.33. The molecular formula is C18H23N3O4. The number of aryl methyl sites for hydroxylation is 1. The fourth-order valence-corrected chi connectivity index (χ4v) is 2.33. The van der Waals surface area contributed by atoms with Gasteiger partial charge in [0.2, 0.25) is 5.91 Å². The fraction of sp³-hybridized carbons (Fsp3) is 0.389. The molecule has 1 heterocycles. The maximum absolute atomic E-state index is 12.9. The molecule has 2 aromatic rings. The Labute approximate surface area is 146 Å². The lowest BCUT2D eigenvalue weighted by Gasteiger charge is -2.28. The summed E-state index contributed by atoms with van der Waals surface area (Å²) in [5.74, 6) is 0.976. The summed E-state index contributed by atoms with van der Waals surface area (Å²) in [6.45, 7) is 5.54. The first kappa shape index (κ1) is 18.5. The van der Waals surface area contributed by atoms with Crippen molar-refractivity contribution >= 4 is 17.6 Å². The maximum atomic E-state index is 12.9. The second-order valence-electron chi connectivity index (χ2n) is 5.79. The highest BCUT2D eigenvalue weighted by molar-refractivity contribution is 5.99. The molecule has 2 amide bonds. The van der Waals surface area contributed by atoms with Gasteiger partial charge in [-0.3, -0.25) is 9.59 Å². The zero-order chi connectivity index (χ0) is 18.4. The maximum Gasteiger partial charge on any atom is 0.254 e. The quantitative estimate of drug-likeness (QED) is 0.834. The topological polar surface area (TPSA) is 84.7 Å². The van der Waals surface area contributed by atoms with E-state index in [0.717, 1.165) is 6.42 Å². The minimum Gasteiger partial charge on any atom is -0.497 e. The van der Waals surface area contributed by atoms with E-state index in [-0.39, 0.29) is 24.4 Å². The van der Waals surface area contributed by atoms with Crippen molar-refractivity contribution in [3.8, 4) is 5.75 Å². The van der Waals surface area contributed by atoms with Crippen LogP contribution >= 0.6 is 0 Å². The molecular weight excluding hydrogens is 322 g/mol. The highest BCUT2D eigenvalue weighted by atomic mass is 16.5. The van der Waals surface area contributed by atoms with Gasteiger partial charge in [0.1, 0.15) is 18.1 Å². The highest BCUT2D eigenvalue weighted by Crippen LogP contribution is 2.17. The van der Waals surface area contributed by atoms with Gasteiger partial charge in [0.05, 0.1) is 7.11 Å². The number of hydrogen-bond acceptors (Lipinski definition) is 5. The lowest BCUT2D eigenvalue weighted by atomic mass is 10.1.